The maximum atomic E-state index is 9.31. The summed E-state index contributed by atoms with van der Waals surface area (Å²) in [6.07, 6.45) is 9.07. The molecule has 90 valence electrons. The highest BCUT2D eigenvalue weighted by Crippen LogP contribution is 2.29. The van der Waals surface area contributed by atoms with Crippen molar-refractivity contribution in [1.29, 1.82) is 0 Å². The summed E-state index contributed by atoms with van der Waals surface area (Å²) in [5, 5.41) is 12.8. The van der Waals surface area contributed by atoms with Crippen LogP contribution in [0.4, 0.5) is 0 Å². The summed E-state index contributed by atoms with van der Waals surface area (Å²) < 4.78 is 0. The maximum Gasteiger partial charge on any atom is 0.0462 e. The average Bonchev–Trinajstić information content (AvgIpc) is 2.83. The van der Waals surface area contributed by atoms with E-state index >= 15 is 0 Å². The molecule has 1 aromatic rings. The van der Waals surface area contributed by atoms with Gasteiger partial charge in [-0.15, -0.1) is 0 Å². The van der Waals surface area contributed by atoms with Gasteiger partial charge in [0.1, 0.15) is 0 Å². The fourth-order valence-electron chi connectivity index (χ4n) is 2.66. The first-order valence-electron chi connectivity index (χ1n) is 6.33. The summed E-state index contributed by atoms with van der Waals surface area (Å²) in [6, 6.07) is 2.09. The summed E-state index contributed by atoms with van der Waals surface area (Å²) in [7, 11) is 0. The molecule has 1 fully saturated rings. The van der Waals surface area contributed by atoms with E-state index in [1.54, 1.807) is 0 Å². The predicted molar refractivity (Wildman–Crippen MR) is 65.0 cm³/mol. The van der Waals surface area contributed by atoms with E-state index < -0.39 is 0 Å². The monoisotopic (exact) mass is 222 g/mol. The molecule has 2 unspecified atom stereocenters. The number of hydrogen-bond donors (Lipinski definition) is 3. The second-order valence-corrected chi connectivity index (χ2v) is 4.84. The van der Waals surface area contributed by atoms with Crippen LogP contribution in [0.25, 0.3) is 0 Å². The van der Waals surface area contributed by atoms with Crippen molar-refractivity contribution in [2.75, 3.05) is 13.2 Å². The molecule has 1 aliphatic rings. The van der Waals surface area contributed by atoms with Gasteiger partial charge >= 0.3 is 0 Å². The first kappa shape index (κ1) is 11.7. The number of nitrogens with one attached hydrogen (secondary N) is 2. The SMILES string of the molecule is OCC1CCCCC1CNCc1cc[nH]c1. The largest absolute Gasteiger partial charge is 0.396 e. The zero-order valence-electron chi connectivity index (χ0n) is 9.78. The minimum Gasteiger partial charge on any atom is -0.396 e. The fraction of sp³-hybridized carbons (Fsp3) is 0.692. The van der Waals surface area contributed by atoms with Crippen molar-refractivity contribution < 1.29 is 5.11 Å². The van der Waals surface area contributed by atoms with Gasteiger partial charge in [0.15, 0.2) is 0 Å². The Hall–Kier alpha value is -0.800. The van der Waals surface area contributed by atoms with Crippen LogP contribution in [0.3, 0.4) is 0 Å². The van der Waals surface area contributed by atoms with Gasteiger partial charge in [0.05, 0.1) is 0 Å². The van der Waals surface area contributed by atoms with Crippen LogP contribution < -0.4 is 5.32 Å². The fourth-order valence-corrected chi connectivity index (χ4v) is 2.66. The van der Waals surface area contributed by atoms with Crippen LogP contribution >= 0.6 is 0 Å². The zero-order chi connectivity index (χ0) is 11.2. The van der Waals surface area contributed by atoms with Gasteiger partial charge in [-0.05, 0) is 42.9 Å². The molecule has 0 bridgehead atoms. The van der Waals surface area contributed by atoms with Crippen LogP contribution in [0, 0.1) is 11.8 Å². The van der Waals surface area contributed by atoms with Crippen LogP contribution in [0.1, 0.15) is 31.2 Å². The van der Waals surface area contributed by atoms with Gasteiger partial charge in [-0.25, -0.2) is 0 Å². The third kappa shape index (κ3) is 3.09. The molecule has 0 radical (unpaired) electrons. The predicted octanol–water partition coefficient (Wildman–Crippen LogP) is 1.90. The smallest absolute Gasteiger partial charge is 0.0462 e. The Kier molecular flexibility index (Phi) is 4.43. The lowest BCUT2D eigenvalue weighted by atomic mass is 9.79. The number of rotatable bonds is 5. The minimum atomic E-state index is 0.358. The van der Waals surface area contributed by atoms with Gasteiger partial charge in [-0.2, -0.15) is 0 Å². The quantitative estimate of drug-likeness (QED) is 0.712. The van der Waals surface area contributed by atoms with Gasteiger partial charge in [0.25, 0.3) is 0 Å². The number of aromatic nitrogens is 1. The van der Waals surface area contributed by atoms with E-state index in [0.717, 1.165) is 13.1 Å². The third-order valence-corrected chi connectivity index (χ3v) is 3.70. The average molecular weight is 222 g/mol. The van der Waals surface area contributed by atoms with Gasteiger partial charge in [0, 0.05) is 25.5 Å². The molecule has 0 saturated heterocycles. The van der Waals surface area contributed by atoms with Crippen LogP contribution in [-0.4, -0.2) is 23.2 Å². The standard InChI is InChI=1S/C13H22N2O/c16-10-13-4-2-1-3-12(13)9-15-8-11-5-6-14-7-11/h5-7,12-16H,1-4,8-10H2. The van der Waals surface area contributed by atoms with Crippen molar-refractivity contribution in [3.05, 3.63) is 24.0 Å². The Balaban J connectivity index is 1.71. The van der Waals surface area contributed by atoms with E-state index in [1.165, 1.54) is 31.2 Å². The topological polar surface area (TPSA) is 48.0 Å². The van der Waals surface area contributed by atoms with Gasteiger partial charge in [0.2, 0.25) is 0 Å². The summed E-state index contributed by atoms with van der Waals surface area (Å²) >= 11 is 0. The Morgan fingerprint density at radius 3 is 2.81 bits per heavy atom. The molecule has 1 aromatic heterocycles. The summed E-state index contributed by atoms with van der Waals surface area (Å²) in [6.45, 7) is 2.32. The van der Waals surface area contributed by atoms with Crippen LogP contribution in [0.15, 0.2) is 18.5 Å². The minimum absolute atomic E-state index is 0.358. The molecule has 1 heterocycles. The molecule has 3 N–H and O–H groups in total. The first-order valence-corrected chi connectivity index (χ1v) is 6.33. The highest BCUT2D eigenvalue weighted by Gasteiger charge is 2.23. The summed E-state index contributed by atoms with van der Waals surface area (Å²) in [5.74, 6) is 1.19. The van der Waals surface area contributed by atoms with Crippen LogP contribution in [-0.2, 0) is 6.54 Å². The second-order valence-electron chi connectivity index (χ2n) is 4.84. The van der Waals surface area contributed by atoms with Crippen molar-refractivity contribution in [3.8, 4) is 0 Å². The van der Waals surface area contributed by atoms with E-state index in [4.69, 9.17) is 0 Å². The highest BCUT2D eigenvalue weighted by atomic mass is 16.3. The zero-order valence-corrected chi connectivity index (χ0v) is 9.78. The molecule has 0 amide bonds. The Labute approximate surface area is 97.3 Å². The van der Waals surface area contributed by atoms with Crippen LogP contribution in [0.2, 0.25) is 0 Å². The first-order chi connectivity index (χ1) is 7.90. The van der Waals surface area contributed by atoms with Gasteiger partial charge < -0.3 is 15.4 Å². The van der Waals surface area contributed by atoms with E-state index in [2.05, 4.69) is 16.4 Å². The van der Waals surface area contributed by atoms with Crippen molar-refractivity contribution >= 4 is 0 Å². The molecule has 2 rings (SSSR count). The van der Waals surface area contributed by atoms with Crippen molar-refractivity contribution in [2.45, 2.75) is 32.2 Å². The Bertz CT molecular complexity index is 284. The molecule has 16 heavy (non-hydrogen) atoms. The molecule has 1 aliphatic carbocycles. The summed E-state index contributed by atoms with van der Waals surface area (Å²) in [5.41, 5.74) is 1.30. The molecular weight excluding hydrogens is 200 g/mol. The van der Waals surface area contributed by atoms with Gasteiger partial charge in [-0.1, -0.05) is 12.8 Å². The second kappa shape index (κ2) is 6.06. The van der Waals surface area contributed by atoms with Crippen molar-refractivity contribution in [3.63, 3.8) is 0 Å². The molecule has 3 heteroatoms. The van der Waals surface area contributed by atoms with E-state index in [9.17, 15) is 5.11 Å². The number of H-pyrrole nitrogens is 1. The van der Waals surface area contributed by atoms with E-state index in [0.29, 0.717) is 18.4 Å². The van der Waals surface area contributed by atoms with E-state index in [-0.39, 0.29) is 0 Å². The third-order valence-electron chi connectivity index (χ3n) is 3.70. The number of aromatic amines is 1. The Morgan fingerprint density at radius 2 is 2.12 bits per heavy atom. The van der Waals surface area contributed by atoms with Crippen molar-refractivity contribution in [1.82, 2.24) is 10.3 Å². The normalized spacial score (nSPS) is 25.8. The lowest BCUT2D eigenvalue weighted by molar-refractivity contribution is 0.133. The number of hydrogen-bond acceptors (Lipinski definition) is 2. The molecule has 0 aromatic carbocycles. The van der Waals surface area contributed by atoms with Crippen molar-refractivity contribution in [2.24, 2.45) is 11.8 Å². The number of aliphatic hydroxyl groups excluding tert-OH is 1. The number of aliphatic hydroxyl groups is 1. The molecule has 2 atom stereocenters. The maximum absolute atomic E-state index is 9.31. The lowest BCUT2D eigenvalue weighted by Gasteiger charge is -2.30. The lowest BCUT2D eigenvalue weighted by Crippen LogP contribution is -2.32. The van der Waals surface area contributed by atoms with Gasteiger partial charge in [-0.3, -0.25) is 0 Å². The molecule has 1 saturated carbocycles. The Morgan fingerprint density at radius 1 is 1.31 bits per heavy atom. The highest BCUT2D eigenvalue weighted by molar-refractivity contribution is 5.07. The van der Waals surface area contributed by atoms with Crippen LogP contribution in [0.5, 0.6) is 0 Å². The van der Waals surface area contributed by atoms with E-state index in [1.807, 2.05) is 12.4 Å². The molecule has 0 spiro atoms. The summed E-state index contributed by atoms with van der Waals surface area (Å²) in [4.78, 5) is 3.06. The molecule has 3 nitrogen and oxygen atoms in total. The molecular formula is C13H22N2O. The molecule has 0 aliphatic heterocycles.